The molecule has 1 atom stereocenters. The molecule has 0 aliphatic carbocycles. The van der Waals surface area contributed by atoms with E-state index in [0.717, 1.165) is 23.5 Å². The summed E-state index contributed by atoms with van der Waals surface area (Å²) in [4.78, 5) is 2.25. The van der Waals surface area contributed by atoms with Crippen molar-refractivity contribution in [2.45, 2.75) is 39.1 Å². The minimum Gasteiger partial charge on any atom is -0.357 e. The third kappa shape index (κ3) is 2.28. The molecule has 0 N–H and O–H groups in total. The zero-order chi connectivity index (χ0) is 11.6. The lowest BCUT2D eigenvalue weighted by atomic mass is 10.2. The van der Waals surface area contributed by atoms with Gasteiger partial charge in [0.25, 0.3) is 0 Å². The third-order valence-corrected chi connectivity index (χ3v) is 3.30. The summed E-state index contributed by atoms with van der Waals surface area (Å²) in [5, 5.41) is 4.41. The van der Waals surface area contributed by atoms with Gasteiger partial charge in [0, 0.05) is 25.7 Å². The molecule has 1 unspecified atom stereocenters. The molecule has 1 aromatic rings. The van der Waals surface area contributed by atoms with Gasteiger partial charge in [-0.25, -0.2) is 0 Å². The van der Waals surface area contributed by atoms with E-state index in [1.807, 2.05) is 18.7 Å². The molecule has 0 bridgehead atoms. The fraction of sp³-hybridized carbons (Fsp3) is 0.727. The van der Waals surface area contributed by atoms with Gasteiger partial charge in [-0.1, -0.05) is 6.92 Å². The molecule has 0 amide bonds. The Hall–Kier alpha value is -0.700. The lowest BCUT2D eigenvalue weighted by Gasteiger charge is -2.26. The van der Waals surface area contributed by atoms with Gasteiger partial charge in [0.05, 0.1) is 11.6 Å². The number of hydrogen-bond acceptors (Lipinski definition) is 2. The molecule has 4 heteroatoms. The van der Waals surface area contributed by atoms with Gasteiger partial charge < -0.3 is 4.90 Å². The SMILES string of the molecule is CCC(C)N(C)c1c(CCl)c(C)nn1C. The van der Waals surface area contributed by atoms with E-state index in [1.54, 1.807) is 0 Å². The monoisotopic (exact) mass is 229 g/mol. The Bertz CT molecular complexity index is 333. The van der Waals surface area contributed by atoms with E-state index in [-0.39, 0.29) is 0 Å². The van der Waals surface area contributed by atoms with Crippen LogP contribution < -0.4 is 4.90 Å². The van der Waals surface area contributed by atoms with Gasteiger partial charge in [0.1, 0.15) is 5.82 Å². The van der Waals surface area contributed by atoms with Gasteiger partial charge in [-0.15, -0.1) is 11.6 Å². The van der Waals surface area contributed by atoms with Crippen molar-refractivity contribution in [1.82, 2.24) is 9.78 Å². The van der Waals surface area contributed by atoms with E-state index in [9.17, 15) is 0 Å². The average Bonchev–Trinajstić information content (AvgIpc) is 2.50. The number of alkyl halides is 1. The van der Waals surface area contributed by atoms with Crippen molar-refractivity contribution in [1.29, 1.82) is 0 Å². The predicted octanol–water partition coefficient (Wildman–Crippen LogP) is 2.70. The third-order valence-electron chi connectivity index (χ3n) is 3.03. The zero-order valence-electron chi connectivity index (χ0n) is 10.2. The molecular weight excluding hydrogens is 210 g/mol. The second kappa shape index (κ2) is 4.88. The van der Waals surface area contributed by atoms with Gasteiger partial charge in [-0.3, -0.25) is 4.68 Å². The van der Waals surface area contributed by atoms with Crippen LogP contribution in [0.4, 0.5) is 5.82 Å². The molecule has 1 aromatic heterocycles. The fourth-order valence-corrected chi connectivity index (χ4v) is 2.08. The summed E-state index contributed by atoms with van der Waals surface area (Å²) in [7, 11) is 4.07. The molecular formula is C11H20ClN3. The van der Waals surface area contributed by atoms with Crippen LogP contribution in [0.25, 0.3) is 0 Å². The summed E-state index contributed by atoms with van der Waals surface area (Å²) >= 11 is 5.96. The minimum absolute atomic E-state index is 0.502. The minimum atomic E-state index is 0.502. The summed E-state index contributed by atoms with van der Waals surface area (Å²) in [6.45, 7) is 6.40. The molecule has 15 heavy (non-hydrogen) atoms. The van der Waals surface area contributed by atoms with Gasteiger partial charge in [0.2, 0.25) is 0 Å². The van der Waals surface area contributed by atoms with Crippen LogP contribution >= 0.6 is 11.6 Å². The van der Waals surface area contributed by atoms with Crippen molar-refractivity contribution < 1.29 is 0 Å². The fourth-order valence-electron chi connectivity index (χ4n) is 1.77. The second-order valence-electron chi connectivity index (χ2n) is 4.01. The first-order valence-corrected chi connectivity index (χ1v) is 5.87. The Labute approximate surface area is 97.0 Å². The van der Waals surface area contributed by atoms with Gasteiger partial charge in [-0.05, 0) is 20.3 Å². The van der Waals surface area contributed by atoms with E-state index in [2.05, 4.69) is 30.9 Å². The molecule has 1 heterocycles. The van der Waals surface area contributed by atoms with Crippen molar-refractivity contribution in [3.05, 3.63) is 11.3 Å². The van der Waals surface area contributed by atoms with E-state index < -0.39 is 0 Å². The van der Waals surface area contributed by atoms with Crippen molar-refractivity contribution in [3.8, 4) is 0 Å². The second-order valence-corrected chi connectivity index (χ2v) is 4.28. The smallest absolute Gasteiger partial charge is 0.131 e. The summed E-state index contributed by atoms with van der Waals surface area (Å²) in [6, 6.07) is 0.502. The number of nitrogens with zero attached hydrogens (tertiary/aromatic N) is 3. The largest absolute Gasteiger partial charge is 0.357 e. The summed E-state index contributed by atoms with van der Waals surface area (Å²) in [6.07, 6.45) is 1.11. The maximum absolute atomic E-state index is 5.96. The van der Waals surface area contributed by atoms with Gasteiger partial charge in [-0.2, -0.15) is 5.10 Å². The van der Waals surface area contributed by atoms with Crippen LogP contribution in [0.2, 0.25) is 0 Å². The highest BCUT2D eigenvalue weighted by Gasteiger charge is 2.18. The highest BCUT2D eigenvalue weighted by molar-refractivity contribution is 6.17. The first-order valence-electron chi connectivity index (χ1n) is 5.34. The number of hydrogen-bond donors (Lipinski definition) is 0. The van der Waals surface area contributed by atoms with Gasteiger partial charge in [0.15, 0.2) is 0 Å². The van der Waals surface area contributed by atoms with Crippen molar-refractivity contribution in [3.63, 3.8) is 0 Å². The number of halogens is 1. The quantitative estimate of drug-likeness (QED) is 0.741. The number of rotatable bonds is 4. The summed E-state index contributed by atoms with van der Waals surface area (Å²) in [5.74, 6) is 1.66. The predicted molar refractivity (Wildman–Crippen MR) is 65.7 cm³/mol. The Morgan fingerprint density at radius 1 is 1.53 bits per heavy atom. The van der Waals surface area contributed by atoms with Crippen molar-refractivity contribution in [2.75, 3.05) is 11.9 Å². The zero-order valence-corrected chi connectivity index (χ0v) is 11.0. The highest BCUT2D eigenvalue weighted by Crippen LogP contribution is 2.25. The molecule has 0 aromatic carbocycles. The molecule has 86 valence electrons. The van der Waals surface area contributed by atoms with E-state index in [4.69, 9.17) is 11.6 Å². The molecule has 0 radical (unpaired) electrons. The van der Waals surface area contributed by atoms with Crippen LogP contribution in [0.15, 0.2) is 0 Å². The molecule has 0 spiro atoms. The normalized spacial score (nSPS) is 12.9. The summed E-state index contributed by atoms with van der Waals surface area (Å²) < 4.78 is 1.92. The number of anilines is 1. The maximum atomic E-state index is 5.96. The Balaban J connectivity index is 3.11. The molecule has 0 aliphatic heterocycles. The summed E-state index contributed by atoms with van der Waals surface area (Å²) in [5.41, 5.74) is 2.17. The molecule has 3 nitrogen and oxygen atoms in total. The highest BCUT2D eigenvalue weighted by atomic mass is 35.5. The standard InChI is InChI=1S/C11H20ClN3/c1-6-8(2)14(4)11-10(7-12)9(3)13-15(11)5/h8H,6-7H2,1-5H3. The topological polar surface area (TPSA) is 21.1 Å². The van der Waals surface area contributed by atoms with Gasteiger partial charge >= 0.3 is 0 Å². The lowest BCUT2D eigenvalue weighted by Crippen LogP contribution is -2.30. The van der Waals surface area contributed by atoms with E-state index in [1.165, 1.54) is 0 Å². The maximum Gasteiger partial charge on any atom is 0.131 e. The Kier molecular flexibility index (Phi) is 4.03. The van der Waals surface area contributed by atoms with Crippen molar-refractivity contribution >= 4 is 17.4 Å². The van der Waals surface area contributed by atoms with E-state index >= 15 is 0 Å². The molecule has 1 rings (SSSR count). The molecule has 0 saturated heterocycles. The molecule has 0 aliphatic rings. The van der Waals surface area contributed by atoms with E-state index in [0.29, 0.717) is 11.9 Å². The van der Waals surface area contributed by atoms with Crippen LogP contribution in [-0.2, 0) is 12.9 Å². The number of aryl methyl sites for hydroxylation is 2. The molecule has 0 fully saturated rings. The first kappa shape index (κ1) is 12.4. The lowest BCUT2D eigenvalue weighted by molar-refractivity contribution is 0.628. The number of aromatic nitrogens is 2. The Morgan fingerprint density at radius 3 is 2.60 bits per heavy atom. The Morgan fingerprint density at radius 2 is 2.13 bits per heavy atom. The van der Waals surface area contributed by atoms with Crippen LogP contribution in [0.5, 0.6) is 0 Å². The first-order chi connectivity index (χ1) is 7.02. The molecule has 0 saturated carbocycles. The van der Waals surface area contributed by atoms with Crippen LogP contribution in [-0.4, -0.2) is 22.9 Å². The van der Waals surface area contributed by atoms with Crippen LogP contribution in [0.1, 0.15) is 31.5 Å². The van der Waals surface area contributed by atoms with Crippen LogP contribution in [0, 0.1) is 6.92 Å². The van der Waals surface area contributed by atoms with Crippen LogP contribution in [0.3, 0.4) is 0 Å². The average molecular weight is 230 g/mol. The van der Waals surface area contributed by atoms with Crippen molar-refractivity contribution in [2.24, 2.45) is 7.05 Å².